The largest absolute Gasteiger partial charge is 0.326 e. The molecule has 0 aliphatic carbocycles. The summed E-state index contributed by atoms with van der Waals surface area (Å²) >= 11 is 3.34. The van der Waals surface area contributed by atoms with Gasteiger partial charge in [0.2, 0.25) is 15.9 Å². The summed E-state index contributed by atoms with van der Waals surface area (Å²) in [4.78, 5) is 12.4. The van der Waals surface area contributed by atoms with Gasteiger partial charge in [0.15, 0.2) is 0 Å². The number of halogens is 2. The van der Waals surface area contributed by atoms with Gasteiger partial charge in [-0.05, 0) is 43.2 Å². The Morgan fingerprint density at radius 2 is 1.74 bits per heavy atom. The number of carbonyl (C=O) groups is 1. The molecule has 0 bridgehead atoms. The first-order valence-corrected chi connectivity index (χ1v) is 11.0. The van der Waals surface area contributed by atoms with Crippen molar-refractivity contribution < 1.29 is 17.6 Å². The molecule has 0 aromatic heterocycles. The molecular formula is C19H20BrFN2O3S. The van der Waals surface area contributed by atoms with Gasteiger partial charge in [-0.25, -0.2) is 17.1 Å². The van der Waals surface area contributed by atoms with Crippen molar-refractivity contribution in [2.24, 2.45) is 5.92 Å². The highest BCUT2D eigenvalue weighted by Gasteiger charge is 2.31. The molecule has 1 amide bonds. The van der Waals surface area contributed by atoms with Gasteiger partial charge in [0.1, 0.15) is 5.82 Å². The predicted molar refractivity (Wildman–Crippen MR) is 106 cm³/mol. The minimum Gasteiger partial charge on any atom is -0.326 e. The zero-order valence-corrected chi connectivity index (χ0v) is 17.0. The third-order valence-electron chi connectivity index (χ3n) is 4.63. The average molecular weight is 455 g/mol. The number of carbonyl (C=O) groups excluding carboxylic acids is 1. The van der Waals surface area contributed by atoms with E-state index in [1.54, 1.807) is 18.2 Å². The van der Waals surface area contributed by atoms with Crippen LogP contribution in [0.3, 0.4) is 0 Å². The highest BCUT2D eigenvalue weighted by Crippen LogP contribution is 2.24. The number of amides is 1. The SMILES string of the molecule is O=C(Nc1ccc(Br)cc1)C1CCN(S(=O)(=O)Cc2ccccc2F)CC1. The third-order valence-corrected chi connectivity index (χ3v) is 6.98. The maximum atomic E-state index is 13.7. The Kier molecular flexibility index (Phi) is 6.29. The minimum atomic E-state index is -3.62. The first-order chi connectivity index (χ1) is 12.8. The van der Waals surface area contributed by atoms with Gasteiger partial charge in [0.05, 0.1) is 5.75 Å². The number of hydrogen-bond donors (Lipinski definition) is 1. The van der Waals surface area contributed by atoms with Crippen molar-refractivity contribution in [1.29, 1.82) is 0 Å². The molecule has 144 valence electrons. The Labute approximate surface area is 166 Å². The summed E-state index contributed by atoms with van der Waals surface area (Å²) in [5.41, 5.74) is 0.866. The molecule has 1 saturated heterocycles. The van der Waals surface area contributed by atoms with Gasteiger partial charge in [-0.2, -0.15) is 0 Å². The molecule has 0 saturated carbocycles. The fraction of sp³-hybridized carbons (Fsp3) is 0.316. The van der Waals surface area contributed by atoms with Crippen LogP contribution in [0, 0.1) is 11.7 Å². The lowest BCUT2D eigenvalue weighted by Gasteiger charge is -2.30. The van der Waals surface area contributed by atoms with Gasteiger partial charge in [0, 0.05) is 34.7 Å². The van der Waals surface area contributed by atoms with E-state index >= 15 is 0 Å². The molecule has 0 unspecified atom stereocenters. The van der Waals surface area contributed by atoms with E-state index in [1.807, 2.05) is 12.1 Å². The lowest BCUT2D eigenvalue weighted by Crippen LogP contribution is -2.42. The molecule has 8 heteroatoms. The molecule has 0 atom stereocenters. The summed E-state index contributed by atoms with van der Waals surface area (Å²) in [6.45, 7) is 0.518. The second-order valence-corrected chi connectivity index (χ2v) is 9.40. The first-order valence-electron chi connectivity index (χ1n) is 8.63. The summed E-state index contributed by atoms with van der Waals surface area (Å²) in [7, 11) is -3.62. The highest BCUT2D eigenvalue weighted by molar-refractivity contribution is 9.10. The van der Waals surface area contributed by atoms with Crippen molar-refractivity contribution in [3.05, 3.63) is 64.4 Å². The van der Waals surface area contributed by atoms with Crippen molar-refractivity contribution in [1.82, 2.24) is 4.31 Å². The molecule has 5 nitrogen and oxygen atoms in total. The van der Waals surface area contributed by atoms with Crippen molar-refractivity contribution in [3.8, 4) is 0 Å². The van der Waals surface area contributed by atoms with Gasteiger partial charge in [0.25, 0.3) is 0 Å². The number of piperidine rings is 1. The van der Waals surface area contributed by atoms with Crippen LogP contribution < -0.4 is 5.32 Å². The lowest BCUT2D eigenvalue weighted by molar-refractivity contribution is -0.120. The molecule has 1 fully saturated rings. The molecular weight excluding hydrogens is 435 g/mol. The van der Waals surface area contributed by atoms with Crippen molar-refractivity contribution in [2.75, 3.05) is 18.4 Å². The minimum absolute atomic E-state index is 0.108. The Bertz CT molecular complexity index is 911. The zero-order chi connectivity index (χ0) is 19.4. The maximum absolute atomic E-state index is 13.7. The average Bonchev–Trinajstić information content (AvgIpc) is 2.65. The smallest absolute Gasteiger partial charge is 0.227 e. The molecule has 1 aliphatic rings. The Hall–Kier alpha value is -1.77. The van der Waals surface area contributed by atoms with Gasteiger partial charge in [-0.3, -0.25) is 4.79 Å². The molecule has 1 N–H and O–H groups in total. The fourth-order valence-corrected chi connectivity index (χ4v) is 4.92. The summed E-state index contributed by atoms with van der Waals surface area (Å²) in [6.07, 6.45) is 0.887. The summed E-state index contributed by atoms with van der Waals surface area (Å²) in [5, 5.41) is 2.86. The second-order valence-electron chi connectivity index (χ2n) is 6.52. The van der Waals surface area contributed by atoms with Crippen LogP contribution in [0.2, 0.25) is 0 Å². The summed E-state index contributed by atoms with van der Waals surface area (Å²) in [6, 6.07) is 13.2. The number of sulfonamides is 1. The fourth-order valence-electron chi connectivity index (χ4n) is 3.08. The number of benzene rings is 2. The van der Waals surface area contributed by atoms with Crippen LogP contribution in [0.4, 0.5) is 10.1 Å². The van der Waals surface area contributed by atoms with Crippen LogP contribution in [0.25, 0.3) is 0 Å². The summed E-state index contributed by atoms with van der Waals surface area (Å²) < 4.78 is 41.1. The van der Waals surface area contributed by atoms with Gasteiger partial charge in [-0.1, -0.05) is 34.1 Å². The van der Waals surface area contributed by atoms with Gasteiger partial charge >= 0.3 is 0 Å². The van der Waals surface area contributed by atoms with Gasteiger partial charge < -0.3 is 5.32 Å². The topological polar surface area (TPSA) is 66.5 Å². The molecule has 0 radical (unpaired) electrons. The van der Waals surface area contributed by atoms with E-state index in [0.29, 0.717) is 18.5 Å². The second kappa shape index (κ2) is 8.50. The van der Waals surface area contributed by atoms with Crippen LogP contribution in [0.5, 0.6) is 0 Å². The molecule has 0 spiro atoms. The Morgan fingerprint density at radius 1 is 1.11 bits per heavy atom. The highest BCUT2D eigenvalue weighted by atomic mass is 79.9. The normalized spacial score (nSPS) is 16.2. The van der Waals surface area contributed by atoms with Crippen LogP contribution in [-0.4, -0.2) is 31.7 Å². The number of hydrogen-bond acceptors (Lipinski definition) is 3. The summed E-state index contributed by atoms with van der Waals surface area (Å²) in [5.74, 6) is -1.24. The molecule has 2 aromatic rings. The van der Waals surface area contributed by atoms with Crippen LogP contribution in [0.1, 0.15) is 18.4 Å². The molecule has 1 heterocycles. The standard InChI is InChI=1S/C19H20BrFN2O3S/c20-16-5-7-17(8-6-16)22-19(24)14-9-11-23(12-10-14)27(25,26)13-15-3-1-2-4-18(15)21/h1-8,14H,9-13H2,(H,22,24). The third kappa shape index (κ3) is 5.15. The van der Waals surface area contributed by atoms with Crippen molar-refractivity contribution in [3.63, 3.8) is 0 Å². The van der Waals surface area contributed by atoms with E-state index in [0.717, 1.165) is 4.47 Å². The molecule has 1 aliphatic heterocycles. The Morgan fingerprint density at radius 3 is 2.37 bits per heavy atom. The van der Waals surface area contributed by atoms with Crippen LogP contribution >= 0.6 is 15.9 Å². The van der Waals surface area contributed by atoms with E-state index in [-0.39, 0.29) is 36.2 Å². The van der Waals surface area contributed by atoms with E-state index < -0.39 is 15.8 Å². The molecule has 2 aromatic carbocycles. The number of rotatable bonds is 5. The Balaban J connectivity index is 1.57. The monoisotopic (exact) mass is 454 g/mol. The number of anilines is 1. The number of nitrogens with zero attached hydrogens (tertiary/aromatic N) is 1. The maximum Gasteiger partial charge on any atom is 0.227 e. The molecule has 27 heavy (non-hydrogen) atoms. The van der Waals surface area contributed by atoms with E-state index in [2.05, 4.69) is 21.2 Å². The van der Waals surface area contributed by atoms with E-state index in [9.17, 15) is 17.6 Å². The van der Waals surface area contributed by atoms with Gasteiger partial charge in [-0.15, -0.1) is 0 Å². The van der Waals surface area contributed by atoms with E-state index in [1.165, 1.54) is 22.5 Å². The van der Waals surface area contributed by atoms with Crippen molar-refractivity contribution >= 4 is 37.5 Å². The quantitative estimate of drug-likeness (QED) is 0.747. The van der Waals surface area contributed by atoms with Crippen molar-refractivity contribution in [2.45, 2.75) is 18.6 Å². The first kappa shape index (κ1) is 20.0. The predicted octanol–water partition coefficient (Wildman–Crippen LogP) is 3.77. The zero-order valence-electron chi connectivity index (χ0n) is 14.6. The van der Waals surface area contributed by atoms with E-state index in [4.69, 9.17) is 0 Å². The number of nitrogens with one attached hydrogen (secondary N) is 1. The molecule has 3 rings (SSSR count). The van der Waals surface area contributed by atoms with Crippen LogP contribution in [0.15, 0.2) is 53.0 Å². The lowest BCUT2D eigenvalue weighted by atomic mass is 9.97. The van der Waals surface area contributed by atoms with Crippen LogP contribution in [-0.2, 0) is 20.6 Å².